The Balaban J connectivity index is 1.57. The van der Waals surface area contributed by atoms with Crippen molar-refractivity contribution in [2.24, 2.45) is 5.92 Å². The minimum Gasteiger partial charge on any atom is -0.459 e. The molecule has 128 valence electrons. The van der Waals surface area contributed by atoms with E-state index in [-0.39, 0.29) is 18.4 Å². The van der Waals surface area contributed by atoms with Gasteiger partial charge in [-0.1, -0.05) is 29.3 Å². The van der Waals surface area contributed by atoms with Gasteiger partial charge in [-0.3, -0.25) is 14.5 Å². The standard InChI is InChI=1S/C16H16Cl2N2O4/c1-16(10-3-4-10)14(22)20(15(23)19-16)7-13(21)24-8-9-2-5-11(17)12(18)6-9/h2,5-6,10H,3-4,7-8H2,1H3,(H,19,23)/t16-/m1/s1. The van der Waals surface area contributed by atoms with Crippen LogP contribution in [-0.2, 0) is 20.9 Å². The second kappa shape index (κ2) is 6.26. The molecular weight excluding hydrogens is 355 g/mol. The van der Waals surface area contributed by atoms with Crippen LogP contribution in [0.4, 0.5) is 4.79 Å². The number of halogens is 2. The van der Waals surface area contributed by atoms with Gasteiger partial charge in [0.05, 0.1) is 10.0 Å². The fourth-order valence-corrected chi connectivity index (χ4v) is 3.09. The van der Waals surface area contributed by atoms with Crippen LogP contribution in [0.15, 0.2) is 18.2 Å². The highest BCUT2D eigenvalue weighted by molar-refractivity contribution is 6.42. The first-order valence-corrected chi connectivity index (χ1v) is 8.30. The first kappa shape index (κ1) is 17.0. The van der Waals surface area contributed by atoms with Crippen molar-refractivity contribution >= 4 is 41.1 Å². The van der Waals surface area contributed by atoms with Crippen molar-refractivity contribution in [3.63, 3.8) is 0 Å². The predicted octanol–water partition coefficient (Wildman–Crippen LogP) is 2.76. The molecule has 0 radical (unpaired) electrons. The van der Waals surface area contributed by atoms with E-state index in [1.165, 1.54) is 0 Å². The second-order valence-corrected chi connectivity index (χ2v) is 7.02. The lowest BCUT2D eigenvalue weighted by Gasteiger charge is -2.20. The highest BCUT2D eigenvalue weighted by Crippen LogP contribution is 2.42. The number of carbonyl (C=O) groups is 3. The first-order chi connectivity index (χ1) is 11.3. The molecule has 1 N–H and O–H groups in total. The molecule has 1 aromatic rings. The molecule has 2 fully saturated rings. The molecule has 6 nitrogen and oxygen atoms in total. The van der Waals surface area contributed by atoms with Crippen molar-refractivity contribution < 1.29 is 19.1 Å². The number of nitrogens with zero attached hydrogens (tertiary/aromatic N) is 1. The summed E-state index contributed by atoms with van der Waals surface area (Å²) in [6.07, 6.45) is 1.80. The van der Waals surface area contributed by atoms with E-state index in [1.807, 2.05) is 0 Å². The molecule has 0 aromatic heterocycles. The maximum absolute atomic E-state index is 12.4. The zero-order valence-electron chi connectivity index (χ0n) is 13.0. The minimum atomic E-state index is -0.902. The van der Waals surface area contributed by atoms with E-state index >= 15 is 0 Å². The van der Waals surface area contributed by atoms with Gasteiger partial charge in [-0.25, -0.2) is 4.79 Å². The van der Waals surface area contributed by atoms with Crippen LogP contribution < -0.4 is 5.32 Å². The van der Waals surface area contributed by atoms with Crippen molar-refractivity contribution in [3.05, 3.63) is 33.8 Å². The minimum absolute atomic E-state index is 0.0146. The Morgan fingerprint density at radius 1 is 1.33 bits per heavy atom. The summed E-state index contributed by atoms with van der Waals surface area (Å²) in [4.78, 5) is 37.3. The molecular formula is C16H16Cl2N2O4. The van der Waals surface area contributed by atoms with Crippen molar-refractivity contribution in [2.45, 2.75) is 31.9 Å². The van der Waals surface area contributed by atoms with E-state index < -0.39 is 24.1 Å². The Labute approximate surface area is 149 Å². The van der Waals surface area contributed by atoms with E-state index in [4.69, 9.17) is 27.9 Å². The number of benzene rings is 1. The fraction of sp³-hybridized carbons (Fsp3) is 0.438. The molecule has 3 amide bonds. The van der Waals surface area contributed by atoms with Crippen LogP contribution in [-0.4, -0.2) is 34.9 Å². The highest BCUT2D eigenvalue weighted by Gasteiger charge is 2.56. The fourth-order valence-electron chi connectivity index (χ4n) is 2.76. The van der Waals surface area contributed by atoms with Crippen LogP contribution in [0, 0.1) is 5.92 Å². The Morgan fingerprint density at radius 2 is 2.04 bits per heavy atom. The number of esters is 1. The Hall–Kier alpha value is -1.79. The number of nitrogens with one attached hydrogen (secondary N) is 1. The van der Waals surface area contributed by atoms with Crippen LogP contribution in [0.1, 0.15) is 25.3 Å². The normalized spacial score (nSPS) is 23.4. The van der Waals surface area contributed by atoms with Crippen molar-refractivity contribution in [1.82, 2.24) is 10.2 Å². The zero-order chi connectivity index (χ0) is 17.5. The summed E-state index contributed by atoms with van der Waals surface area (Å²) in [5, 5.41) is 3.45. The van der Waals surface area contributed by atoms with Gasteiger partial charge in [0.2, 0.25) is 0 Å². The molecule has 0 unspecified atom stereocenters. The molecule has 1 aliphatic heterocycles. The largest absolute Gasteiger partial charge is 0.459 e. The SMILES string of the molecule is C[C@]1(C2CC2)NC(=O)N(CC(=O)OCc2ccc(Cl)c(Cl)c2)C1=O. The number of hydrogen-bond donors (Lipinski definition) is 1. The van der Waals surface area contributed by atoms with Gasteiger partial charge in [0, 0.05) is 0 Å². The number of carbonyl (C=O) groups excluding carboxylic acids is 3. The summed E-state index contributed by atoms with van der Waals surface area (Å²) >= 11 is 11.7. The molecule has 0 spiro atoms. The summed E-state index contributed by atoms with van der Waals surface area (Å²) in [7, 11) is 0. The average Bonchev–Trinajstić information content (AvgIpc) is 3.35. The number of rotatable bonds is 5. The molecule has 1 saturated heterocycles. The van der Waals surface area contributed by atoms with Gasteiger partial charge in [-0.15, -0.1) is 0 Å². The van der Waals surface area contributed by atoms with Crippen LogP contribution in [0.3, 0.4) is 0 Å². The van der Waals surface area contributed by atoms with Gasteiger partial charge in [-0.05, 0) is 43.4 Å². The molecule has 1 saturated carbocycles. The molecule has 8 heteroatoms. The lowest BCUT2D eigenvalue weighted by Crippen LogP contribution is -2.46. The van der Waals surface area contributed by atoms with Crippen molar-refractivity contribution in [2.75, 3.05) is 6.54 Å². The van der Waals surface area contributed by atoms with Gasteiger partial charge in [0.1, 0.15) is 18.7 Å². The van der Waals surface area contributed by atoms with Gasteiger partial charge in [-0.2, -0.15) is 0 Å². The maximum Gasteiger partial charge on any atom is 0.326 e. The molecule has 1 atom stereocenters. The number of urea groups is 1. The number of amides is 3. The molecule has 1 aliphatic carbocycles. The summed E-state index contributed by atoms with van der Waals surface area (Å²) in [6.45, 7) is 1.28. The quantitative estimate of drug-likeness (QED) is 0.638. The zero-order valence-corrected chi connectivity index (χ0v) is 14.5. The first-order valence-electron chi connectivity index (χ1n) is 7.55. The Morgan fingerprint density at radius 3 is 2.67 bits per heavy atom. The van der Waals surface area contributed by atoms with E-state index in [1.54, 1.807) is 25.1 Å². The summed E-state index contributed by atoms with van der Waals surface area (Å²) in [5.41, 5.74) is -0.237. The molecule has 0 bridgehead atoms. The van der Waals surface area contributed by atoms with Crippen LogP contribution in [0.2, 0.25) is 10.0 Å². The topological polar surface area (TPSA) is 75.7 Å². The van der Waals surface area contributed by atoms with Crippen LogP contribution in [0.5, 0.6) is 0 Å². The third kappa shape index (κ3) is 3.21. The molecule has 3 rings (SSSR count). The Bertz CT molecular complexity index is 720. The second-order valence-electron chi connectivity index (χ2n) is 6.21. The van der Waals surface area contributed by atoms with E-state index in [0.717, 1.165) is 17.7 Å². The van der Waals surface area contributed by atoms with Crippen LogP contribution in [0.25, 0.3) is 0 Å². The van der Waals surface area contributed by atoms with Gasteiger partial charge in [0.15, 0.2) is 0 Å². The molecule has 24 heavy (non-hydrogen) atoms. The predicted molar refractivity (Wildman–Crippen MR) is 87.6 cm³/mol. The molecule has 1 heterocycles. The number of ether oxygens (including phenoxy) is 1. The lowest BCUT2D eigenvalue weighted by molar-refractivity contribution is -0.148. The monoisotopic (exact) mass is 370 g/mol. The molecule has 1 aromatic carbocycles. The van der Waals surface area contributed by atoms with E-state index in [0.29, 0.717) is 15.6 Å². The summed E-state index contributed by atoms with van der Waals surface area (Å²) < 4.78 is 5.11. The average molecular weight is 371 g/mol. The van der Waals surface area contributed by atoms with Gasteiger partial charge < -0.3 is 10.1 Å². The van der Waals surface area contributed by atoms with E-state index in [2.05, 4.69) is 5.32 Å². The van der Waals surface area contributed by atoms with Crippen molar-refractivity contribution in [3.8, 4) is 0 Å². The number of imide groups is 1. The summed E-state index contributed by atoms with van der Waals surface area (Å²) in [5.74, 6) is -0.891. The number of hydrogen-bond acceptors (Lipinski definition) is 4. The molecule has 2 aliphatic rings. The summed E-state index contributed by atoms with van der Waals surface area (Å²) in [6, 6.07) is 4.32. The van der Waals surface area contributed by atoms with Crippen LogP contribution >= 0.6 is 23.2 Å². The highest BCUT2D eigenvalue weighted by atomic mass is 35.5. The smallest absolute Gasteiger partial charge is 0.326 e. The van der Waals surface area contributed by atoms with E-state index in [9.17, 15) is 14.4 Å². The third-order valence-electron chi connectivity index (χ3n) is 4.37. The Kier molecular flexibility index (Phi) is 4.44. The van der Waals surface area contributed by atoms with Gasteiger partial charge >= 0.3 is 12.0 Å². The lowest BCUT2D eigenvalue weighted by atomic mass is 9.96. The third-order valence-corrected chi connectivity index (χ3v) is 5.11. The maximum atomic E-state index is 12.4. The van der Waals surface area contributed by atoms with Gasteiger partial charge in [0.25, 0.3) is 5.91 Å². The van der Waals surface area contributed by atoms with Crippen molar-refractivity contribution in [1.29, 1.82) is 0 Å².